The quantitative estimate of drug-likeness (QED) is 0.720. The van der Waals surface area contributed by atoms with Gasteiger partial charge in [0.15, 0.2) is 0 Å². The Hall–Kier alpha value is -1.17. The van der Waals surface area contributed by atoms with Gasteiger partial charge in [0.2, 0.25) is 5.91 Å². The minimum Gasteiger partial charge on any atom is -0.400 e. The summed E-state index contributed by atoms with van der Waals surface area (Å²) in [6, 6.07) is -0.228. The SMILES string of the molecule is CC1C=C(C[C@@H](CO)NC(=O)C2CCCCO2)C=CC1.CO. The van der Waals surface area contributed by atoms with Crippen LogP contribution in [0.15, 0.2) is 23.8 Å². The predicted octanol–water partition coefficient (Wildman–Crippen LogP) is 1.55. The first kappa shape index (κ1) is 18.9. The number of rotatable bonds is 5. The fourth-order valence-electron chi connectivity index (χ4n) is 2.75. The molecule has 1 fully saturated rings. The summed E-state index contributed by atoms with van der Waals surface area (Å²) in [5, 5.41) is 19.4. The average Bonchev–Trinajstić information content (AvgIpc) is 2.57. The Kier molecular flexibility index (Phi) is 9.04. The second-order valence-electron chi connectivity index (χ2n) is 5.80. The number of allylic oxidation sites excluding steroid dienone is 3. The molecule has 0 aromatic heterocycles. The van der Waals surface area contributed by atoms with Gasteiger partial charge in [0.1, 0.15) is 6.10 Å². The number of hydrogen-bond donors (Lipinski definition) is 3. The average molecular weight is 311 g/mol. The first-order valence-electron chi connectivity index (χ1n) is 8.04. The number of carbonyl (C=O) groups excluding carboxylic acids is 1. The van der Waals surface area contributed by atoms with Crippen molar-refractivity contribution in [2.24, 2.45) is 5.92 Å². The molecule has 1 aliphatic heterocycles. The highest BCUT2D eigenvalue weighted by Gasteiger charge is 2.24. The lowest BCUT2D eigenvalue weighted by molar-refractivity contribution is -0.136. The summed E-state index contributed by atoms with van der Waals surface area (Å²) in [6.07, 6.45) is 10.7. The molecule has 1 amide bonds. The van der Waals surface area contributed by atoms with Gasteiger partial charge in [-0.1, -0.05) is 25.2 Å². The van der Waals surface area contributed by atoms with Crippen LogP contribution >= 0.6 is 0 Å². The van der Waals surface area contributed by atoms with E-state index in [-0.39, 0.29) is 24.7 Å². The molecule has 0 radical (unpaired) electrons. The van der Waals surface area contributed by atoms with E-state index in [1.807, 2.05) is 0 Å². The van der Waals surface area contributed by atoms with Crippen molar-refractivity contribution < 1.29 is 19.7 Å². The van der Waals surface area contributed by atoms with Crippen molar-refractivity contribution in [2.75, 3.05) is 20.3 Å². The summed E-state index contributed by atoms with van der Waals surface area (Å²) in [7, 11) is 1.00. The van der Waals surface area contributed by atoms with Gasteiger partial charge in [0, 0.05) is 13.7 Å². The van der Waals surface area contributed by atoms with Crippen LogP contribution in [0.3, 0.4) is 0 Å². The van der Waals surface area contributed by atoms with Crippen molar-refractivity contribution in [3.05, 3.63) is 23.8 Å². The lowest BCUT2D eigenvalue weighted by Gasteiger charge is -2.25. The molecule has 1 heterocycles. The molecule has 2 rings (SSSR count). The normalized spacial score (nSPS) is 25.5. The molecule has 0 aromatic carbocycles. The monoisotopic (exact) mass is 311 g/mol. The molecule has 1 aliphatic carbocycles. The molecule has 5 heteroatoms. The molecular formula is C17H29NO4. The first-order chi connectivity index (χ1) is 10.7. The van der Waals surface area contributed by atoms with Gasteiger partial charge in [-0.15, -0.1) is 0 Å². The topological polar surface area (TPSA) is 78.8 Å². The maximum absolute atomic E-state index is 12.1. The van der Waals surface area contributed by atoms with Crippen LogP contribution in [-0.2, 0) is 9.53 Å². The number of nitrogens with one attached hydrogen (secondary N) is 1. The number of ether oxygens (including phenoxy) is 1. The molecule has 0 spiro atoms. The summed E-state index contributed by atoms with van der Waals surface area (Å²) in [4.78, 5) is 12.1. The van der Waals surface area contributed by atoms with E-state index in [1.165, 1.54) is 5.57 Å². The van der Waals surface area contributed by atoms with Gasteiger partial charge in [-0.3, -0.25) is 4.79 Å². The fraction of sp³-hybridized carbons (Fsp3) is 0.706. The second kappa shape index (κ2) is 10.5. The molecule has 0 saturated carbocycles. The molecule has 2 unspecified atom stereocenters. The highest BCUT2D eigenvalue weighted by Crippen LogP contribution is 2.20. The van der Waals surface area contributed by atoms with Crippen LogP contribution in [0.25, 0.3) is 0 Å². The van der Waals surface area contributed by atoms with E-state index < -0.39 is 0 Å². The molecule has 5 nitrogen and oxygen atoms in total. The maximum Gasteiger partial charge on any atom is 0.249 e. The first-order valence-corrected chi connectivity index (χ1v) is 8.04. The van der Waals surface area contributed by atoms with Crippen LogP contribution in [-0.4, -0.2) is 48.6 Å². The van der Waals surface area contributed by atoms with Gasteiger partial charge in [-0.25, -0.2) is 0 Å². The summed E-state index contributed by atoms with van der Waals surface area (Å²) in [5.74, 6) is 0.448. The lowest BCUT2D eigenvalue weighted by Crippen LogP contribution is -2.45. The van der Waals surface area contributed by atoms with Crippen LogP contribution in [0.4, 0.5) is 0 Å². The van der Waals surface area contributed by atoms with Crippen molar-refractivity contribution >= 4 is 5.91 Å². The van der Waals surface area contributed by atoms with Crippen molar-refractivity contribution in [1.29, 1.82) is 0 Å². The van der Waals surface area contributed by atoms with E-state index in [4.69, 9.17) is 9.84 Å². The molecule has 126 valence electrons. The summed E-state index contributed by atoms with van der Waals surface area (Å²) < 4.78 is 5.47. The lowest BCUT2D eigenvalue weighted by atomic mass is 9.94. The second-order valence-corrected chi connectivity index (χ2v) is 5.80. The van der Waals surface area contributed by atoms with Gasteiger partial charge in [0.05, 0.1) is 12.6 Å². The Morgan fingerprint density at radius 3 is 2.82 bits per heavy atom. The number of hydrogen-bond acceptors (Lipinski definition) is 4. The summed E-state index contributed by atoms with van der Waals surface area (Å²) in [6.45, 7) is 2.79. The van der Waals surface area contributed by atoms with Crippen molar-refractivity contribution in [1.82, 2.24) is 5.32 Å². The predicted molar refractivity (Wildman–Crippen MR) is 86.4 cm³/mol. The third-order valence-corrected chi connectivity index (χ3v) is 3.86. The number of carbonyl (C=O) groups is 1. The van der Waals surface area contributed by atoms with Gasteiger partial charge in [-0.05, 0) is 43.6 Å². The van der Waals surface area contributed by atoms with Gasteiger partial charge >= 0.3 is 0 Å². The van der Waals surface area contributed by atoms with E-state index in [9.17, 15) is 9.90 Å². The van der Waals surface area contributed by atoms with Crippen molar-refractivity contribution in [3.63, 3.8) is 0 Å². The standard InChI is InChI=1S/C16H25NO3.CH4O/c1-12-5-4-6-13(9-12)10-14(11-18)17-16(19)15-7-2-3-8-20-15;1-2/h4,6,9,12,14-15,18H,2-3,5,7-8,10-11H2,1H3,(H,17,19);2H,1H3/t12?,14-,15?;/m0./s1. The number of aliphatic hydroxyl groups is 2. The van der Waals surface area contributed by atoms with Crippen LogP contribution in [0.2, 0.25) is 0 Å². The molecule has 1 saturated heterocycles. The van der Waals surface area contributed by atoms with Crippen LogP contribution in [0.5, 0.6) is 0 Å². The van der Waals surface area contributed by atoms with E-state index in [2.05, 4.69) is 30.5 Å². The molecule has 22 heavy (non-hydrogen) atoms. The highest BCUT2D eigenvalue weighted by atomic mass is 16.5. The Labute approximate surface area is 133 Å². The molecule has 3 N–H and O–H groups in total. The van der Waals surface area contributed by atoms with Crippen LogP contribution < -0.4 is 5.32 Å². The fourth-order valence-corrected chi connectivity index (χ4v) is 2.75. The Balaban J connectivity index is 0.00000116. The molecule has 0 aromatic rings. The van der Waals surface area contributed by atoms with E-state index in [0.717, 1.165) is 32.8 Å². The van der Waals surface area contributed by atoms with Gasteiger partial charge in [0.25, 0.3) is 0 Å². The zero-order chi connectivity index (χ0) is 16.4. The zero-order valence-electron chi connectivity index (χ0n) is 13.6. The Morgan fingerprint density at radius 2 is 2.23 bits per heavy atom. The van der Waals surface area contributed by atoms with Crippen molar-refractivity contribution in [3.8, 4) is 0 Å². The van der Waals surface area contributed by atoms with Crippen molar-refractivity contribution in [2.45, 2.75) is 51.2 Å². The van der Waals surface area contributed by atoms with E-state index in [0.29, 0.717) is 18.9 Å². The maximum atomic E-state index is 12.1. The minimum absolute atomic E-state index is 0.0436. The van der Waals surface area contributed by atoms with Gasteiger partial charge < -0.3 is 20.3 Å². The Morgan fingerprint density at radius 1 is 1.45 bits per heavy atom. The highest BCUT2D eigenvalue weighted by molar-refractivity contribution is 5.81. The van der Waals surface area contributed by atoms with Crippen LogP contribution in [0.1, 0.15) is 39.0 Å². The third-order valence-electron chi connectivity index (χ3n) is 3.86. The number of aliphatic hydroxyl groups excluding tert-OH is 2. The summed E-state index contributed by atoms with van der Waals surface area (Å²) >= 11 is 0. The number of amides is 1. The third kappa shape index (κ3) is 6.30. The molecule has 2 aliphatic rings. The molecule has 3 atom stereocenters. The molecule has 0 bridgehead atoms. The zero-order valence-corrected chi connectivity index (χ0v) is 13.6. The molecular weight excluding hydrogens is 282 g/mol. The van der Waals surface area contributed by atoms with Gasteiger partial charge in [-0.2, -0.15) is 0 Å². The van der Waals surface area contributed by atoms with E-state index >= 15 is 0 Å². The Bertz CT molecular complexity index is 386. The van der Waals surface area contributed by atoms with E-state index in [1.54, 1.807) is 0 Å². The van der Waals surface area contributed by atoms with Crippen LogP contribution in [0, 0.1) is 5.92 Å². The summed E-state index contributed by atoms with van der Waals surface area (Å²) in [5.41, 5.74) is 1.19. The largest absolute Gasteiger partial charge is 0.400 e. The smallest absolute Gasteiger partial charge is 0.249 e. The minimum atomic E-state index is -0.340.